The molecule has 1 heterocycles. The molecule has 8 heteroatoms. The molecule has 0 saturated carbocycles. The Balaban J connectivity index is 2.40. The second-order valence-corrected chi connectivity index (χ2v) is 6.76. The van der Waals surface area contributed by atoms with Gasteiger partial charge in [-0.25, -0.2) is 13.2 Å². The minimum absolute atomic E-state index is 0.0355. The summed E-state index contributed by atoms with van der Waals surface area (Å²) in [5.41, 5.74) is 1.19. The number of benzene rings is 1. The van der Waals surface area contributed by atoms with Crippen molar-refractivity contribution in [2.75, 3.05) is 18.4 Å². The summed E-state index contributed by atoms with van der Waals surface area (Å²) in [6.07, 6.45) is 0. The quantitative estimate of drug-likeness (QED) is 0.779. The van der Waals surface area contributed by atoms with Crippen molar-refractivity contribution in [3.8, 4) is 5.75 Å². The lowest BCUT2D eigenvalue weighted by Crippen LogP contribution is -2.15. The Kier molecular flexibility index (Phi) is 5.18. The van der Waals surface area contributed by atoms with E-state index in [4.69, 9.17) is 9.47 Å². The van der Waals surface area contributed by atoms with Crippen LogP contribution in [0.25, 0.3) is 0 Å². The Morgan fingerprint density at radius 3 is 2.62 bits per heavy atom. The van der Waals surface area contributed by atoms with Crippen LogP contribution in [0.4, 0.5) is 5.69 Å². The monoisotopic (exact) mass is 352 g/mol. The Bertz CT molecular complexity index is 855. The average molecular weight is 352 g/mol. The van der Waals surface area contributed by atoms with Crippen molar-refractivity contribution >= 4 is 21.7 Å². The summed E-state index contributed by atoms with van der Waals surface area (Å²) in [5, 5.41) is 0. The van der Waals surface area contributed by atoms with E-state index in [1.807, 2.05) is 0 Å². The van der Waals surface area contributed by atoms with Gasteiger partial charge in [0.1, 0.15) is 16.3 Å². The third-order valence-corrected chi connectivity index (χ3v) is 5.09. The van der Waals surface area contributed by atoms with Crippen LogP contribution in [0.1, 0.15) is 28.7 Å². The van der Waals surface area contributed by atoms with Gasteiger partial charge in [-0.2, -0.15) is 0 Å². The summed E-state index contributed by atoms with van der Waals surface area (Å²) in [7, 11) is -2.37. The number of H-pyrrole nitrogens is 1. The maximum atomic E-state index is 12.7. The molecular formula is C16H20N2O5S. The summed E-state index contributed by atoms with van der Waals surface area (Å²) < 4.78 is 37.9. The highest BCUT2D eigenvalue weighted by Crippen LogP contribution is 2.27. The summed E-state index contributed by atoms with van der Waals surface area (Å²) >= 11 is 0. The van der Waals surface area contributed by atoms with Crippen LogP contribution in [0, 0.1) is 13.8 Å². The van der Waals surface area contributed by atoms with Crippen LogP contribution < -0.4 is 9.46 Å². The first-order chi connectivity index (χ1) is 11.3. The van der Waals surface area contributed by atoms with Crippen molar-refractivity contribution in [3.05, 3.63) is 41.2 Å². The van der Waals surface area contributed by atoms with Crippen LogP contribution in [0.5, 0.6) is 5.75 Å². The van der Waals surface area contributed by atoms with Gasteiger partial charge in [-0.05, 0) is 32.9 Å². The smallest absolute Gasteiger partial charge is 0.355 e. The van der Waals surface area contributed by atoms with Crippen molar-refractivity contribution in [3.63, 3.8) is 0 Å². The van der Waals surface area contributed by atoms with E-state index < -0.39 is 16.0 Å². The molecule has 0 aliphatic heterocycles. The van der Waals surface area contributed by atoms with Gasteiger partial charge in [-0.15, -0.1) is 0 Å². The van der Waals surface area contributed by atoms with Gasteiger partial charge in [-0.3, -0.25) is 4.72 Å². The van der Waals surface area contributed by atoms with Gasteiger partial charge in [0.2, 0.25) is 0 Å². The molecule has 0 atom stereocenters. The number of rotatable bonds is 6. The van der Waals surface area contributed by atoms with Crippen LogP contribution in [-0.4, -0.2) is 33.1 Å². The molecule has 2 N–H and O–H groups in total. The van der Waals surface area contributed by atoms with Gasteiger partial charge in [0.15, 0.2) is 0 Å². The number of ether oxygens (including phenoxy) is 2. The van der Waals surface area contributed by atoms with Crippen LogP contribution in [0.2, 0.25) is 0 Å². The Labute approximate surface area is 141 Å². The number of aryl methyl sites for hydroxylation is 1. The van der Waals surface area contributed by atoms with E-state index >= 15 is 0 Å². The lowest BCUT2D eigenvalue weighted by Gasteiger charge is -2.10. The maximum absolute atomic E-state index is 12.7. The molecule has 0 radical (unpaired) electrons. The molecule has 0 aliphatic carbocycles. The molecular weight excluding hydrogens is 332 g/mol. The number of carbonyl (C=O) groups excluding carboxylic acids is 1. The van der Waals surface area contributed by atoms with Gasteiger partial charge in [0, 0.05) is 17.3 Å². The second kappa shape index (κ2) is 6.96. The highest BCUT2D eigenvalue weighted by Gasteiger charge is 2.27. The predicted molar refractivity (Wildman–Crippen MR) is 90.0 cm³/mol. The molecule has 7 nitrogen and oxygen atoms in total. The summed E-state index contributed by atoms with van der Waals surface area (Å²) in [5.74, 6) is -0.0501. The number of nitrogens with one attached hydrogen (secondary N) is 2. The number of aromatic nitrogens is 1. The molecule has 0 saturated heterocycles. The molecule has 0 fully saturated rings. The maximum Gasteiger partial charge on any atom is 0.355 e. The molecule has 0 amide bonds. The molecule has 130 valence electrons. The SMILES string of the molecule is CCOC(=O)c1[nH]c(C)c(S(=O)(=O)Nc2cccc(OC)c2)c1C. The minimum atomic E-state index is -3.87. The van der Waals surface area contributed by atoms with E-state index in [0.717, 1.165) is 0 Å². The van der Waals surface area contributed by atoms with Crippen LogP contribution in [0.15, 0.2) is 29.2 Å². The fourth-order valence-electron chi connectivity index (χ4n) is 2.44. The third kappa shape index (κ3) is 3.53. The summed E-state index contributed by atoms with van der Waals surface area (Å²) in [6, 6.07) is 6.58. The van der Waals surface area contributed by atoms with E-state index in [2.05, 4.69) is 9.71 Å². The van der Waals surface area contributed by atoms with Gasteiger partial charge in [-0.1, -0.05) is 6.07 Å². The first-order valence-corrected chi connectivity index (χ1v) is 8.81. The molecule has 0 aliphatic rings. The molecule has 24 heavy (non-hydrogen) atoms. The fraction of sp³-hybridized carbons (Fsp3) is 0.312. The van der Waals surface area contributed by atoms with Gasteiger partial charge in [0.05, 0.1) is 19.4 Å². The molecule has 1 aromatic heterocycles. The molecule has 0 bridgehead atoms. The zero-order valence-electron chi connectivity index (χ0n) is 14.0. The molecule has 2 aromatic rings. The predicted octanol–water partition coefficient (Wildman–Crippen LogP) is 2.62. The first-order valence-electron chi connectivity index (χ1n) is 7.33. The van der Waals surface area contributed by atoms with Gasteiger partial charge >= 0.3 is 5.97 Å². The molecule has 0 unspecified atom stereocenters. The van der Waals surface area contributed by atoms with Crippen molar-refractivity contribution in [2.24, 2.45) is 0 Å². The second-order valence-electron chi connectivity index (χ2n) is 5.14. The van der Waals surface area contributed by atoms with E-state index in [9.17, 15) is 13.2 Å². The van der Waals surface area contributed by atoms with Crippen molar-refractivity contribution in [2.45, 2.75) is 25.7 Å². The van der Waals surface area contributed by atoms with E-state index in [0.29, 0.717) is 22.7 Å². The lowest BCUT2D eigenvalue weighted by molar-refractivity contribution is 0.0519. The topological polar surface area (TPSA) is 97.5 Å². The van der Waals surface area contributed by atoms with Gasteiger partial charge in [0.25, 0.3) is 10.0 Å². The number of carbonyl (C=O) groups is 1. The molecule has 1 aromatic carbocycles. The van der Waals surface area contributed by atoms with Crippen molar-refractivity contribution in [1.29, 1.82) is 0 Å². The van der Waals surface area contributed by atoms with E-state index in [-0.39, 0.29) is 17.2 Å². The average Bonchev–Trinajstić information content (AvgIpc) is 2.82. The number of anilines is 1. The van der Waals surface area contributed by atoms with Crippen molar-refractivity contribution in [1.82, 2.24) is 4.98 Å². The third-order valence-electron chi connectivity index (χ3n) is 3.44. The number of hydrogen-bond acceptors (Lipinski definition) is 5. The Morgan fingerprint density at radius 2 is 2.00 bits per heavy atom. The highest BCUT2D eigenvalue weighted by atomic mass is 32.2. The van der Waals surface area contributed by atoms with Crippen LogP contribution >= 0.6 is 0 Å². The molecule has 2 rings (SSSR count). The number of hydrogen-bond donors (Lipinski definition) is 2. The normalized spacial score (nSPS) is 11.2. The Morgan fingerprint density at radius 1 is 1.29 bits per heavy atom. The Hall–Kier alpha value is -2.48. The fourth-order valence-corrected chi connectivity index (χ4v) is 3.93. The zero-order chi connectivity index (χ0) is 17.9. The highest BCUT2D eigenvalue weighted by molar-refractivity contribution is 7.92. The largest absolute Gasteiger partial charge is 0.497 e. The minimum Gasteiger partial charge on any atom is -0.497 e. The number of methoxy groups -OCH3 is 1. The first kappa shape index (κ1) is 17.9. The zero-order valence-corrected chi connectivity index (χ0v) is 14.8. The number of aromatic amines is 1. The summed E-state index contributed by atoms with van der Waals surface area (Å²) in [4.78, 5) is 14.7. The van der Waals surface area contributed by atoms with Crippen LogP contribution in [0.3, 0.4) is 0 Å². The van der Waals surface area contributed by atoms with Gasteiger partial charge < -0.3 is 14.5 Å². The summed E-state index contributed by atoms with van der Waals surface area (Å²) in [6.45, 7) is 5.05. The van der Waals surface area contributed by atoms with E-state index in [1.54, 1.807) is 45.0 Å². The lowest BCUT2D eigenvalue weighted by atomic mass is 10.2. The van der Waals surface area contributed by atoms with Crippen LogP contribution in [-0.2, 0) is 14.8 Å². The standard InChI is InChI=1S/C16H20N2O5S/c1-5-23-16(19)14-10(2)15(11(3)17-14)24(20,21)18-12-7-6-8-13(9-12)22-4/h6-9,17-18H,5H2,1-4H3. The number of esters is 1. The number of sulfonamides is 1. The van der Waals surface area contributed by atoms with E-state index in [1.165, 1.54) is 7.11 Å². The molecule has 0 spiro atoms. The van der Waals surface area contributed by atoms with Crippen molar-refractivity contribution < 1.29 is 22.7 Å².